The molecule has 0 saturated carbocycles. The number of hydrogen-bond acceptors (Lipinski definition) is 0. The van der Waals surface area contributed by atoms with Crippen molar-refractivity contribution < 1.29 is 0 Å². The third-order valence-electron chi connectivity index (χ3n) is 2.89. The molecule has 2 aromatic rings. The molecule has 1 atom stereocenters. The van der Waals surface area contributed by atoms with Crippen molar-refractivity contribution in [3.05, 3.63) is 60.2 Å². The zero-order valence-corrected chi connectivity index (χ0v) is 13.2. The van der Waals surface area contributed by atoms with Crippen molar-refractivity contribution in [2.75, 3.05) is 0 Å². The van der Waals surface area contributed by atoms with E-state index in [0.717, 1.165) is 15.9 Å². The molecule has 2 radical (unpaired) electrons. The monoisotopic (exact) mass is 316 g/mol. The fourth-order valence-corrected chi connectivity index (χ4v) is 3.37. The Kier molecular flexibility index (Phi) is 5.21. The van der Waals surface area contributed by atoms with Crippen LogP contribution in [0, 0.1) is 0 Å². The third-order valence-corrected chi connectivity index (χ3v) is 5.08. The van der Waals surface area contributed by atoms with E-state index in [1.807, 2.05) is 0 Å². The van der Waals surface area contributed by atoms with Crippen LogP contribution in [0.15, 0.2) is 54.6 Å². The van der Waals surface area contributed by atoms with E-state index >= 15 is 0 Å². The van der Waals surface area contributed by atoms with Crippen LogP contribution in [-0.2, 0) is 6.42 Å². The second-order valence-corrected chi connectivity index (χ2v) is 7.10. The van der Waals surface area contributed by atoms with Crippen LogP contribution in [0.3, 0.4) is 0 Å². The lowest BCUT2D eigenvalue weighted by atomic mass is 10.1. The van der Waals surface area contributed by atoms with E-state index in [4.69, 9.17) is 0 Å². The van der Waals surface area contributed by atoms with Crippen LogP contribution in [0.4, 0.5) is 0 Å². The number of rotatable bonds is 5. The molecule has 0 fully saturated rings. The van der Waals surface area contributed by atoms with E-state index in [2.05, 4.69) is 77.5 Å². The summed E-state index contributed by atoms with van der Waals surface area (Å²) >= 11 is 3.71. The highest BCUT2D eigenvalue weighted by Gasteiger charge is 2.04. The van der Waals surface area contributed by atoms with Crippen LogP contribution in [0.1, 0.15) is 18.9 Å². The summed E-state index contributed by atoms with van der Waals surface area (Å²) in [5.74, 6) is 0. The summed E-state index contributed by atoms with van der Waals surface area (Å²) < 4.78 is 0. The van der Waals surface area contributed by atoms with Crippen LogP contribution < -0.4 is 10.4 Å². The van der Waals surface area contributed by atoms with E-state index in [1.165, 1.54) is 22.4 Å². The first-order chi connectivity index (χ1) is 8.78. The summed E-state index contributed by atoms with van der Waals surface area (Å²) in [6.45, 7) is 2.22. The van der Waals surface area contributed by atoms with E-state index in [9.17, 15) is 0 Å². The molecule has 2 heteroatoms. The lowest BCUT2D eigenvalue weighted by Crippen LogP contribution is -2.27. The van der Waals surface area contributed by atoms with Gasteiger partial charge in [-0.25, -0.2) is 0 Å². The molecule has 2 rings (SSSR count). The molecule has 0 N–H and O–H groups in total. The predicted molar refractivity (Wildman–Crippen MR) is 84.6 cm³/mol. The quantitative estimate of drug-likeness (QED) is 0.587. The lowest BCUT2D eigenvalue weighted by molar-refractivity contribution is 0.830. The van der Waals surface area contributed by atoms with Gasteiger partial charge in [0.15, 0.2) is 0 Å². The molecule has 0 aliphatic heterocycles. The minimum absolute atomic E-state index is 0.591. The summed E-state index contributed by atoms with van der Waals surface area (Å²) in [7, 11) is 0.755. The van der Waals surface area contributed by atoms with E-state index in [1.54, 1.807) is 0 Å². The zero-order valence-electron chi connectivity index (χ0n) is 10.6. The van der Waals surface area contributed by atoms with Gasteiger partial charge in [-0.15, -0.1) is 0 Å². The molecule has 0 nitrogen and oxygen atoms in total. The number of benzene rings is 2. The van der Waals surface area contributed by atoms with Crippen LogP contribution in [0.5, 0.6) is 0 Å². The van der Waals surface area contributed by atoms with Gasteiger partial charge in [-0.05, 0) is 18.4 Å². The summed E-state index contributed by atoms with van der Waals surface area (Å²) in [5.41, 5.74) is 1.43. The molecule has 0 aliphatic rings. The summed E-state index contributed by atoms with van der Waals surface area (Å²) in [6, 6.07) is 19.7. The smallest absolute Gasteiger partial charge is 0.0887 e. The van der Waals surface area contributed by atoms with Gasteiger partial charge in [-0.2, -0.15) is 0 Å². The van der Waals surface area contributed by atoms with Crippen LogP contribution in [0.25, 0.3) is 0 Å². The average molecular weight is 317 g/mol. The second-order valence-electron chi connectivity index (χ2n) is 4.40. The van der Waals surface area contributed by atoms with Crippen molar-refractivity contribution in [3.8, 4) is 0 Å². The third kappa shape index (κ3) is 4.11. The number of halogens is 1. The fraction of sp³-hybridized carbons (Fsp3) is 0.250. The SMILES string of the molecule is CCC(Br)Cc1cccc([Si]c2ccccc2)c1. The molecule has 0 aliphatic carbocycles. The fourth-order valence-electron chi connectivity index (χ4n) is 1.86. The molecule has 0 amide bonds. The lowest BCUT2D eigenvalue weighted by Gasteiger charge is -2.08. The van der Waals surface area contributed by atoms with Crippen molar-refractivity contribution in [1.82, 2.24) is 0 Å². The molecule has 18 heavy (non-hydrogen) atoms. The van der Waals surface area contributed by atoms with Gasteiger partial charge in [-0.1, -0.05) is 87.8 Å². The largest absolute Gasteiger partial charge is 0.121 e. The molecule has 0 bridgehead atoms. The Bertz CT molecular complexity index is 481. The Hall–Kier alpha value is -0.863. The highest BCUT2D eigenvalue weighted by atomic mass is 79.9. The van der Waals surface area contributed by atoms with Crippen molar-refractivity contribution >= 4 is 35.8 Å². The highest BCUT2D eigenvalue weighted by molar-refractivity contribution is 9.09. The molecule has 0 heterocycles. The Labute approximate surface area is 120 Å². The normalized spacial score (nSPS) is 12.3. The van der Waals surface area contributed by atoms with Gasteiger partial charge in [0.1, 0.15) is 9.52 Å². The van der Waals surface area contributed by atoms with Gasteiger partial charge in [0.2, 0.25) is 0 Å². The second kappa shape index (κ2) is 6.91. The molecule has 0 saturated heterocycles. The van der Waals surface area contributed by atoms with E-state index in [0.29, 0.717) is 4.83 Å². The van der Waals surface area contributed by atoms with Crippen molar-refractivity contribution in [3.63, 3.8) is 0 Å². The van der Waals surface area contributed by atoms with Gasteiger partial charge < -0.3 is 0 Å². The number of hydrogen-bond donors (Lipinski definition) is 0. The van der Waals surface area contributed by atoms with Gasteiger partial charge >= 0.3 is 0 Å². The first-order valence-electron chi connectivity index (χ1n) is 6.33. The average Bonchev–Trinajstić information content (AvgIpc) is 2.40. The van der Waals surface area contributed by atoms with Gasteiger partial charge in [0.05, 0.1) is 0 Å². The first kappa shape index (κ1) is 13.6. The van der Waals surface area contributed by atoms with Gasteiger partial charge in [0, 0.05) is 4.83 Å². The predicted octanol–water partition coefficient (Wildman–Crippen LogP) is 3.06. The maximum absolute atomic E-state index is 3.71. The van der Waals surface area contributed by atoms with Crippen LogP contribution in [-0.4, -0.2) is 14.3 Å². The van der Waals surface area contributed by atoms with Crippen molar-refractivity contribution in [2.24, 2.45) is 0 Å². The maximum Gasteiger partial charge on any atom is 0.121 e. The summed E-state index contributed by atoms with van der Waals surface area (Å²) in [6.07, 6.45) is 2.29. The Morgan fingerprint density at radius 2 is 1.72 bits per heavy atom. The maximum atomic E-state index is 3.71. The van der Waals surface area contributed by atoms with Crippen molar-refractivity contribution in [2.45, 2.75) is 24.6 Å². The summed E-state index contributed by atoms with van der Waals surface area (Å²) in [4.78, 5) is 0.591. The summed E-state index contributed by atoms with van der Waals surface area (Å²) in [5, 5.41) is 2.83. The van der Waals surface area contributed by atoms with E-state index < -0.39 is 0 Å². The molecular formula is C16H17BrSi. The Morgan fingerprint density at radius 1 is 1.00 bits per heavy atom. The molecular weight excluding hydrogens is 300 g/mol. The minimum Gasteiger partial charge on any atom is -0.0887 e. The molecule has 0 spiro atoms. The first-order valence-corrected chi connectivity index (χ1v) is 8.24. The molecule has 92 valence electrons. The molecule has 0 aromatic heterocycles. The Balaban J connectivity index is 2.08. The highest BCUT2D eigenvalue weighted by Crippen LogP contribution is 2.11. The zero-order chi connectivity index (χ0) is 12.8. The van der Waals surface area contributed by atoms with Crippen LogP contribution in [0.2, 0.25) is 0 Å². The van der Waals surface area contributed by atoms with Gasteiger partial charge in [0.25, 0.3) is 0 Å². The minimum atomic E-state index is 0.591. The van der Waals surface area contributed by atoms with Crippen LogP contribution >= 0.6 is 15.9 Å². The topological polar surface area (TPSA) is 0 Å². The molecule has 2 aromatic carbocycles. The Morgan fingerprint density at radius 3 is 2.44 bits per heavy atom. The standard InChI is InChI=1S/C16H17BrSi/c1-2-14(17)11-13-7-6-10-16(12-13)18-15-8-4-3-5-9-15/h3-10,12,14H,2,11H2,1H3. The molecule has 1 unspecified atom stereocenters. The number of alkyl halides is 1. The van der Waals surface area contributed by atoms with Crippen molar-refractivity contribution in [1.29, 1.82) is 0 Å². The van der Waals surface area contributed by atoms with E-state index in [-0.39, 0.29) is 0 Å². The van der Waals surface area contributed by atoms with Gasteiger partial charge in [-0.3, -0.25) is 0 Å².